The van der Waals surface area contributed by atoms with Crippen LogP contribution in [-0.4, -0.2) is 18.8 Å². The molecule has 2 N–H and O–H groups in total. The summed E-state index contributed by atoms with van der Waals surface area (Å²) in [5.74, 6) is 0.792. The van der Waals surface area contributed by atoms with Gasteiger partial charge in [0.2, 0.25) is 0 Å². The van der Waals surface area contributed by atoms with Gasteiger partial charge in [0, 0.05) is 10.9 Å². The van der Waals surface area contributed by atoms with Crippen LogP contribution < -0.4 is 10.1 Å². The second kappa shape index (κ2) is 7.80. The lowest BCUT2D eigenvalue weighted by molar-refractivity contribution is 0.232. The molecule has 2 aromatic rings. The van der Waals surface area contributed by atoms with Gasteiger partial charge in [-0.1, -0.05) is 30.7 Å². The van der Waals surface area contributed by atoms with E-state index in [1.165, 1.54) is 4.88 Å². The maximum Gasteiger partial charge on any atom is 0.119 e. The summed E-state index contributed by atoms with van der Waals surface area (Å²) in [7, 11) is 1.64. The first-order chi connectivity index (χ1) is 10.2. The summed E-state index contributed by atoms with van der Waals surface area (Å²) in [6.07, 6.45) is 0.928. The minimum atomic E-state index is -0.133. The Bertz CT molecular complexity index is 573. The van der Waals surface area contributed by atoms with Crippen LogP contribution in [0.1, 0.15) is 35.9 Å². The fourth-order valence-electron chi connectivity index (χ4n) is 2.27. The number of benzene rings is 1. The van der Waals surface area contributed by atoms with Gasteiger partial charge in [-0.2, -0.15) is 0 Å². The van der Waals surface area contributed by atoms with Crippen molar-refractivity contribution >= 4 is 22.9 Å². The van der Waals surface area contributed by atoms with E-state index in [2.05, 4.69) is 12.2 Å². The van der Waals surface area contributed by atoms with E-state index in [9.17, 15) is 5.11 Å². The number of halogens is 1. The predicted octanol–water partition coefficient (Wildman–Crippen LogP) is 4.18. The highest BCUT2D eigenvalue weighted by Gasteiger charge is 2.18. The van der Waals surface area contributed by atoms with Crippen LogP contribution in [0.2, 0.25) is 4.34 Å². The predicted molar refractivity (Wildman–Crippen MR) is 88.3 cm³/mol. The zero-order chi connectivity index (χ0) is 15.2. The number of nitrogens with one attached hydrogen (secondary N) is 1. The third kappa shape index (κ3) is 4.20. The third-order valence-corrected chi connectivity index (χ3v) is 4.77. The smallest absolute Gasteiger partial charge is 0.119 e. The molecule has 2 unspecified atom stereocenters. The molecule has 0 aliphatic heterocycles. The van der Waals surface area contributed by atoms with E-state index in [-0.39, 0.29) is 18.7 Å². The quantitative estimate of drug-likeness (QED) is 0.802. The molecular weight excluding hydrogens is 306 g/mol. The lowest BCUT2D eigenvalue weighted by Gasteiger charge is -2.23. The van der Waals surface area contributed by atoms with Crippen LogP contribution in [0.15, 0.2) is 36.4 Å². The average molecular weight is 326 g/mol. The minimum Gasteiger partial charge on any atom is -0.497 e. The van der Waals surface area contributed by atoms with Crippen molar-refractivity contribution in [2.45, 2.75) is 25.4 Å². The molecule has 114 valence electrons. The molecule has 2 rings (SSSR count). The van der Waals surface area contributed by atoms with Crippen molar-refractivity contribution in [3.05, 3.63) is 51.2 Å². The van der Waals surface area contributed by atoms with Crippen LogP contribution in [0.3, 0.4) is 0 Å². The van der Waals surface area contributed by atoms with Gasteiger partial charge in [-0.05, 0) is 36.2 Å². The SMILES string of the molecule is CCC(NC(CO)c1cccc(OC)c1)c1ccc(Cl)s1. The fourth-order valence-corrected chi connectivity index (χ4v) is 3.48. The molecule has 0 amide bonds. The monoisotopic (exact) mass is 325 g/mol. The highest BCUT2D eigenvalue weighted by Crippen LogP contribution is 2.31. The van der Waals surface area contributed by atoms with Crippen molar-refractivity contribution in [2.75, 3.05) is 13.7 Å². The number of hydrogen-bond acceptors (Lipinski definition) is 4. The summed E-state index contributed by atoms with van der Waals surface area (Å²) in [4.78, 5) is 1.18. The maximum absolute atomic E-state index is 9.71. The number of hydrogen-bond donors (Lipinski definition) is 2. The molecule has 1 aromatic heterocycles. The van der Waals surface area contributed by atoms with Crippen LogP contribution in [0.5, 0.6) is 5.75 Å². The van der Waals surface area contributed by atoms with Gasteiger partial charge >= 0.3 is 0 Å². The van der Waals surface area contributed by atoms with E-state index in [0.717, 1.165) is 22.1 Å². The molecule has 0 spiro atoms. The fraction of sp³-hybridized carbons (Fsp3) is 0.375. The molecule has 0 bridgehead atoms. The summed E-state index contributed by atoms with van der Waals surface area (Å²) in [6.45, 7) is 2.15. The Morgan fingerprint density at radius 1 is 1.29 bits per heavy atom. The van der Waals surface area contributed by atoms with Gasteiger partial charge in [0.05, 0.1) is 24.1 Å². The number of methoxy groups -OCH3 is 1. The Hall–Kier alpha value is -1.07. The summed E-state index contributed by atoms with van der Waals surface area (Å²) >= 11 is 7.59. The molecule has 0 saturated carbocycles. The molecule has 0 aliphatic rings. The zero-order valence-electron chi connectivity index (χ0n) is 12.2. The standard InChI is InChI=1S/C16H20ClNO2S/c1-3-13(15-7-8-16(17)21-15)18-14(10-19)11-5-4-6-12(9-11)20-2/h4-9,13-14,18-19H,3,10H2,1-2H3. The molecule has 2 atom stereocenters. The van der Waals surface area contributed by atoms with E-state index in [1.807, 2.05) is 36.4 Å². The highest BCUT2D eigenvalue weighted by molar-refractivity contribution is 7.16. The lowest BCUT2D eigenvalue weighted by atomic mass is 10.0. The molecule has 1 heterocycles. The first kappa shape index (κ1) is 16.3. The van der Waals surface area contributed by atoms with Crippen molar-refractivity contribution in [1.29, 1.82) is 0 Å². The van der Waals surface area contributed by atoms with Crippen LogP contribution >= 0.6 is 22.9 Å². The van der Waals surface area contributed by atoms with Crippen LogP contribution in [0.25, 0.3) is 0 Å². The molecular formula is C16H20ClNO2S. The van der Waals surface area contributed by atoms with E-state index in [0.29, 0.717) is 0 Å². The second-order valence-electron chi connectivity index (χ2n) is 4.78. The minimum absolute atomic E-state index is 0.0305. The van der Waals surface area contributed by atoms with E-state index >= 15 is 0 Å². The van der Waals surface area contributed by atoms with Crippen molar-refractivity contribution in [3.8, 4) is 5.75 Å². The Balaban J connectivity index is 2.16. The molecule has 0 radical (unpaired) electrons. The van der Waals surface area contributed by atoms with Gasteiger partial charge in [0.25, 0.3) is 0 Å². The van der Waals surface area contributed by atoms with Crippen LogP contribution in [-0.2, 0) is 0 Å². The van der Waals surface area contributed by atoms with Crippen LogP contribution in [0.4, 0.5) is 0 Å². The number of rotatable bonds is 7. The van der Waals surface area contributed by atoms with Crippen molar-refractivity contribution < 1.29 is 9.84 Å². The second-order valence-corrected chi connectivity index (χ2v) is 6.53. The highest BCUT2D eigenvalue weighted by atomic mass is 35.5. The maximum atomic E-state index is 9.71. The largest absolute Gasteiger partial charge is 0.497 e. The van der Waals surface area contributed by atoms with Gasteiger partial charge in [0.1, 0.15) is 5.75 Å². The zero-order valence-corrected chi connectivity index (χ0v) is 13.7. The Labute approximate surface area is 134 Å². The number of aliphatic hydroxyl groups excluding tert-OH is 1. The summed E-state index contributed by atoms with van der Waals surface area (Å²) in [5, 5.41) is 13.2. The summed E-state index contributed by atoms with van der Waals surface area (Å²) in [5.41, 5.74) is 1.01. The number of ether oxygens (including phenoxy) is 1. The van der Waals surface area contributed by atoms with Gasteiger partial charge in [-0.25, -0.2) is 0 Å². The van der Waals surface area contributed by atoms with Crippen molar-refractivity contribution in [1.82, 2.24) is 5.32 Å². The van der Waals surface area contributed by atoms with Crippen molar-refractivity contribution in [3.63, 3.8) is 0 Å². The van der Waals surface area contributed by atoms with E-state index < -0.39 is 0 Å². The number of thiophene rings is 1. The van der Waals surface area contributed by atoms with Crippen LogP contribution in [0, 0.1) is 0 Å². The molecule has 0 saturated heterocycles. The molecule has 3 nitrogen and oxygen atoms in total. The normalized spacial score (nSPS) is 13.9. The lowest BCUT2D eigenvalue weighted by Crippen LogP contribution is -2.28. The van der Waals surface area contributed by atoms with Gasteiger partial charge < -0.3 is 15.2 Å². The molecule has 0 fully saturated rings. The third-order valence-electron chi connectivity index (χ3n) is 3.43. The van der Waals surface area contributed by atoms with Gasteiger partial charge in [0.15, 0.2) is 0 Å². The summed E-state index contributed by atoms with van der Waals surface area (Å²) in [6, 6.07) is 11.7. The first-order valence-corrected chi connectivity index (χ1v) is 8.13. The molecule has 0 aliphatic carbocycles. The first-order valence-electron chi connectivity index (χ1n) is 6.94. The Kier molecular flexibility index (Phi) is 6.06. The van der Waals surface area contributed by atoms with Gasteiger partial charge in [-0.3, -0.25) is 0 Å². The number of aliphatic hydroxyl groups is 1. The molecule has 1 aromatic carbocycles. The van der Waals surface area contributed by atoms with Crippen molar-refractivity contribution in [2.24, 2.45) is 0 Å². The summed E-state index contributed by atoms with van der Waals surface area (Å²) < 4.78 is 6.03. The van der Waals surface area contributed by atoms with E-state index in [1.54, 1.807) is 18.4 Å². The van der Waals surface area contributed by atoms with Gasteiger partial charge in [-0.15, -0.1) is 11.3 Å². The average Bonchev–Trinajstić information content (AvgIpc) is 2.95. The Morgan fingerprint density at radius 2 is 2.10 bits per heavy atom. The molecule has 21 heavy (non-hydrogen) atoms. The topological polar surface area (TPSA) is 41.5 Å². The van der Waals surface area contributed by atoms with E-state index in [4.69, 9.17) is 16.3 Å². The Morgan fingerprint density at radius 3 is 2.67 bits per heavy atom. The molecule has 5 heteroatoms.